The molecule has 0 unspecified atom stereocenters. The number of hydrogen-bond donors (Lipinski definition) is 1. The Morgan fingerprint density at radius 3 is 2.37 bits per heavy atom. The van der Waals surface area contributed by atoms with Crippen LogP contribution in [0.2, 0.25) is 5.02 Å². The average Bonchev–Trinajstić information content (AvgIpc) is 2.63. The van der Waals surface area contributed by atoms with Crippen LogP contribution < -0.4 is 10.2 Å². The first kappa shape index (κ1) is 18.8. The van der Waals surface area contributed by atoms with E-state index < -0.39 is 11.7 Å². The van der Waals surface area contributed by atoms with Gasteiger partial charge in [0.2, 0.25) is 0 Å². The van der Waals surface area contributed by atoms with Crippen molar-refractivity contribution in [1.82, 2.24) is 0 Å². The van der Waals surface area contributed by atoms with Gasteiger partial charge in [-0.15, -0.1) is 0 Å². The molecule has 7 heteroatoms. The number of para-hydroxylation sites is 1. The molecule has 3 aromatic carbocycles. The molecule has 0 aliphatic heterocycles. The molecule has 0 aliphatic carbocycles. The molecule has 0 atom stereocenters. The SMILES string of the molecule is FC(F)(F)c1ccc(Cl)c(N/N=C\c2cccc(Oc3ccccc3)c2)c1. The van der Waals surface area contributed by atoms with Crippen molar-refractivity contribution < 1.29 is 17.9 Å². The van der Waals surface area contributed by atoms with E-state index in [-0.39, 0.29) is 10.7 Å². The Hall–Kier alpha value is -2.99. The first-order valence-electron chi connectivity index (χ1n) is 7.90. The highest BCUT2D eigenvalue weighted by molar-refractivity contribution is 6.33. The van der Waals surface area contributed by atoms with Crippen LogP contribution >= 0.6 is 11.6 Å². The summed E-state index contributed by atoms with van der Waals surface area (Å²) in [6, 6.07) is 19.4. The van der Waals surface area contributed by atoms with Crippen LogP contribution in [0.1, 0.15) is 11.1 Å². The van der Waals surface area contributed by atoms with E-state index in [1.807, 2.05) is 30.3 Å². The van der Waals surface area contributed by atoms with Crippen molar-refractivity contribution in [3.63, 3.8) is 0 Å². The topological polar surface area (TPSA) is 33.6 Å². The summed E-state index contributed by atoms with van der Waals surface area (Å²) >= 11 is 5.92. The van der Waals surface area contributed by atoms with Gasteiger partial charge in [-0.3, -0.25) is 5.43 Å². The first-order chi connectivity index (χ1) is 12.9. The molecule has 0 heterocycles. The van der Waals surface area contributed by atoms with Crippen LogP contribution in [-0.2, 0) is 6.18 Å². The molecule has 27 heavy (non-hydrogen) atoms. The maximum Gasteiger partial charge on any atom is 0.416 e. The molecule has 3 aromatic rings. The molecule has 0 fully saturated rings. The van der Waals surface area contributed by atoms with Crippen molar-refractivity contribution in [2.75, 3.05) is 5.43 Å². The second-order valence-corrected chi connectivity index (χ2v) is 5.96. The van der Waals surface area contributed by atoms with Gasteiger partial charge in [0.25, 0.3) is 0 Å². The number of hydrazone groups is 1. The fourth-order valence-corrected chi connectivity index (χ4v) is 2.41. The molecular weight excluding hydrogens is 377 g/mol. The third-order valence-electron chi connectivity index (χ3n) is 3.53. The number of nitrogens with zero attached hydrogens (tertiary/aromatic N) is 1. The number of nitrogens with one attached hydrogen (secondary N) is 1. The molecule has 0 radical (unpaired) electrons. The van der Waals surface area contributed by atoms with Crippen molar-refractivity contribution in [2.45, 2.75) is 6.18 Å². The van der Waals surface area contributed by atoms with E-state index in [9.17, 15) is 13.2 Å². The van der Waals surface area contributed by atoms with Crippen molar-refractivity contribution in [3.8, 4) is 11.5 Å². The number of halogens is 4. The van der Waals surface area contributed by atoms with E-state index in [1.165, 1.54) is 12.3 Å². The van der Waals surface area contributed by atoms with Gasteiger partial charge in [-0.1, -0.05) is 41.9 Å². The average molecular weight is 391 g/mol. The molecule has 0 bridgehead atoms. The van der Waals surface area contributed by atoms with Crippen LogP contribution in [0.4, 0.5) is 18.9 Å². The van der Waals surface area contributed by atoms with Crippen LogP contribution in [0, 0.1) is 0 Å². The summed E-state index contributed by atoms with van der Waals surface area (Å²) in [6.45, 7) is 0. The molecule has 0 aromatic heterocycles. The van der Waals surface area contributed by atoms with Crippen LogP contribution in [0.25, 0.3) is 0 Å². The molecule has 0 spiro atoms. The van der Waals surface area contributed by atoms with Crippen LogP contribution in [0.15, 0.2) is 77.9 Å². The number of alkyl halides is 3. The van der Waals surface area contributed by atoms with Gasteiger partial charge in [-0.05, 0) is 48.0 Å². The Kier molecular flexibility index (Phi) is 5.66. The Morgan fingerprint density at radius 1 is 0.889 bits per heavy atom. The number of hydrogen-bond acceptors (Lipinski definition) is 3. The lowest BCUT2D eigenvalue weighted by molar-refractivity contribution is -0.137. The van der Waals surface area contributed by atoms with E-state index in [0.717, 1.165) is 12.1 Å². The second kappa shape index (κ2) is 8.14. The molecule has 0 amide bonds. The van der Waals surface area contributed by atoms with Gasteiger partial charge in [-0.25, -0.2) is 0 Å². The fourth-order valence-electron chi connectivity index (χ4n) is 2.25. The highest BCUT2D eigenvalue weighted by atomic mass is 35.5. The summed E-state index contributed by atoms with van der Waals surface area (Å²) < 4.78 is 44.1. The third-order valence-corrected chi connectivity index (χ3v) is 3.86. The summed E-state index contributed by atoms with van der Waals surface area (Å²) in [4.78, 5) is 0. The van der Waals surface area contributed by atoms with Crippen molar-refractivity contribution >= 4 is 23.5 Å². The molecule has 138 valence electrons. The highest BCUT2D eigenvalue weighted by Gasteiger charge is 2.30. The first-order valence-corrected chi connectivity index (χ1v) is 8.28. The van der Waals surface area contributed by atoms with Gasteiger partial charge in [0, 0.05) is 0 Å². The maximum absolute atomic E-state index is 12.8. The molecule has 3 rings (SSSR count). The number of ether oxygens (including phenoxy) is 1. The monoisotopic (exact) mass is 390 g/mol. The Balaban J connectivity index is 1.71. The van der Waals surface area contributed by atoms with Gasteiger partial charge in [0.05, 0.1) is 22.5 Å². The number of rotatable bonds is 5. The second-order valence-electron chi connectivity index (χ2n) is 5.55. The summed E-state index contributed by atoms with van der Waals surface area (Å²) in [5.41, 5.74) is 2.51. The lowest BCUT2D eigenvalue weighted by atomic mass is 10.2. The molecule has 3 nitrogen and oxygen atoms in total. The normalized spacial score (nSPS) is 11.6. The van der Waals surface area contributed by atoms with Crippen molar-refractivity contribution in [1.29, 1.82) is 0 Å². The molecule has 0 saturated carbocycles. The predicted octanol–water partition coefficient (Wildman–Crippen LogP) is 6.60. The van der Waals surface area contributed by atoms with Crippen molar-refractivity contribution in [3.05, 3.63) is 88.9 Å². The lowest BCUT2D eigenvalue weighted by Crippen LogP contribution is -2.05. The Bertz CT molecular complexity index is 943. The zero-order chi connectivity index (χ0) is 19.3. The standard InChI is InChI=1S/C20H14ClF3N2O/c21-18-10-9-15(20(22,23)24)12-19(18)26-25-13-14-5-4-8-17(11-14)27-16-6-2-1-3-7-16/h1-13,26H/b25-13-. The van der Waals surface area contributed by atoms with Crippen LogP contribution in [-0.4, -0.2) is 6.21 Å². The van der Waals surface area contributed by atoms with Gasteiger partial charge in [-0.2, -0.15) is 18.3 Å². The van der Waals surface area contributed by atoms with Gasteiger partial charge in [0.15, 0.2) is 0 Å². The lowest BCUT2D eigenvalue weighted by Gasteiger charge is -2.10. The number of benzene rings is 3. The van der Waals surface area contributed by atoms with Gasteiger partial charge in [0.1, 0.15) is 11.5 Å². The van der Waals surface area contributed by atoms with E-state index in [0.29, 0.717) is 17.1 Å². The molecular formula is C20H14ClF3N2O. The smallest absolute Gasteiger partial charge is 0.416 e. The molecule has 0 saturated heterocycles. The number of anilines is 1. The minimum absolute atomic E-state index is 0.0689. The van der Waals surface area contributed by atoms with Crippen LogP contribution in [0.5, 0.6) is 11.5 Å². The largest absolute Gasteiger partial charge is 0.457 e. The van der Waals surface area contributed by atoms with E-state index in [1.54, 1.807) is 24.3 Å². The molecule has 1 N–H and O–H groups in total. The van der Waals surface area contributed by atoms with Gasteiger partial charge < -0.3 is 4.74 Å². The zero-order valence-corrected chi connectivity index (χ0v) is 14.6. The van der Waals surface area contributed by atoms with E-state index in [4.69, 9.17) is 16.3 Å². The van der Waals surface area contributed by atoms with Gasteiger partial charge >= 0.3 is 6.18 Å². The zero-order valence-electron chi connectivity index (χ0n) is 13.9. The minimum Gasteiger partial charge on any atom is -0.457 e. The summed E-state index contributed by atoms with van der Waals surface area (Å²) in [7, 11) is 0. The summed E-state index contributed by atoms with van der Waals surface area (Å²) in [6.07, 6.45) is -2.98. The van der Waals surface area contributed by atoms with Crippen LogP contribution in [0.3, 0.4) is 0 Å². The fraction of sp³-hybridized carbons (Fsp3) is 0.0500. The Labute approximate surface area is 159 Å². The predicted molar refractivity (Wildman–Crippen MR) is 101 cm³/mol. The maximum atomic E-state index is 12.8. The van der Waals surface area contributed by atoms with Crippen molar-refractivity contribution in [2.24, 2.45) is 5.10 Å². The summed E-state index contributed by atoms with van der Waals surface area (Å²) in [5.74, 6) is 1.31. The minimum atomic E-state index is -4.45. The third kappa shape index (κ3) is 5.24. The van der Waals surface area contributed by atoms with E-state index in [2.05, 4.69) is 10.5 Å². The van der Waals surface area contributed by atoms with E-state index >= 15 is 0 Å². The Morgan fingerprint density at radius 2 is 1.63 bits per heavy atom. The quantitative estimate of drug-likeness (QED) is 0.393. The molecule has 0 aliphatic rings. The highest BCUT2D eigenvalue weighted by Crippen LogP contribution is 2.33. The summed E-state index contributed by atoms with van der Waals surface area (Å²) in [5, 5.41) is 4.10.